The summed E-state index contributed by atoms with van der Waals surface area (Å²) in [5, 5.41) is 3.11. The highest BCUT2D eigenvalue weighted by Crippen LogP contribution is 2.25. The number of anilines is 2. The van der Waals surface area contributed by atoms with Crippen molar-refractivity contribution in [1.82, 2.24) is 19.4 Å². The van der Waals surface area contributed by atoms with Gasteiger partial charge in [-0.05, 0) is 68.5 Å². The number of hydrogen-bond acceptors (Lipinski definition) is 5. The molecule has 2 heterocycles. The number of nitrogens with zero attached hydrogens (tertiary/aromatic N) is 3. The van der Waals surface area contributed by atoms with E-state index in [4.69, 9.17) is 0 Å². The zero-order chi connectivity index (χ0) is 21.8. The standard InChI is InChI=1S/C23H31N5O3/c1-26(12-13-27-10-3-2-4-11-27)22(30)16-28-21(29)15-20(25-23(28)31)24-19-9-8-17-6-5-7-18(17)14-19/h8-9,14-15,24H,2-7,10-13,16H2,1H3,(H,25,31). The molecule has 0 unspecified atom stereocenters. The number of H-pyrrole nitrogens is 1. The van der Waals surface area contributed by atoms with Crippen LogP contribution in [0.4, 0.5) is 11.5 Å². The zero-order valence-electron chi connectivity index (χ0n) is 18.2. The Morgan fingerprint density at radius 2 is 1.84 bits per heavy atom. The second-order valence-corrected chi connectivity index (χ2v) is 8.59. The van der Waals surface area contributed by atoms with E-state index in [2.05, 4.69) is 27.3 Å². The van der Waals surface area contributed by atoms with E-state index in [-0.39, 0.29) is 12.5 Å². The van der Waals surface area contributed by atoms with Gasteiger partial charge in [0, 0.05) is 31.9 Å². The Morgan fingerprint density at radius 1 is 1.06 bits per heavy atom. The Balaban J connectivity index is 1.38. The van der Waals surface area contributed by atoms with Gasteiger partial charge in [0.1, 0.15) is 12.4 Å². The lowest BCUT2D eigenvalue weighted by Crippen LogP contribution is -2.43. The highest BCUT2D eigenvalue weighted by molar-refractivity contribution is 5.75. The van der Waals surface area contributed by atoms with E-state index in [0.717, 1.165) is 49.2 Å². The number of amides is 1. The molecule has 0 atom stereocenters. The molecule has 0 radical (unpaired) electrons. The van der Waals surface area contributed by atoms with Crippen molar-refractivity contribution in [3.8, 4) is 0 Å². The highest BCUT2D eigenvalue weighted by atomic mass is 16.2. The van der Waals surface area contributed by atoms with Crippen molar-refractivity contribution >= 4 is 17.4 Å². The maximum Gasteiger partial charge on any atom is 0.330 e. The molecule has 0 spiro atoms. The number of carbonyl (C=O) groups is 1. The molecule has 2 aromatic rings. The molecule has 1 aromatic heterocycles. The molecule has 31 heavy (non-hydrogen) atoms. The summed E-state index contributed by atoms with van der Waals surface area (Å²) in [4.78, 5) is 44.2. The minimum Gasteiger partial charge on any atom is -0.343 e. The van der Waals surface area contributed by atoms with Crippen molar-refractivity contribution < 1.29 is 4.79 Å². The average Bonchev–Trinajstić information content (AvgIpc) is 3.23. The van der Waals surface area contributed by atoms with E-state index >= 15 is 0 Å². The van der Waals surface area contributed by atoms with Gasteiger partial charge in [-0.1, -0.05) is 12.5 Å². The molecule has 2 aliphatic rings. The number of aryl methyl sites for hydroxylation is 2. The zero-order valence-corrected chi connectivity index (χ0v) is 18.2. The van der Waals surface area contributed by atoms with Crippen LogP contribution in [-0.2, 0) is 24.2 Å². The number of aromatic amines is 1. The first kappa shape index (κ1) is 21.4. The van der Waals surface area contributed by atoms with Crippen molar-refractivity contribution in [3.05, 3.63) is 56.2 Å². The topological polar surface area (TPSA) is 90.4 Å². The molecule has 8 nitrogen and oxygen atoms in total. The summed E-state index contributed by atoms with van der Waals surface area (Å²) in [5.74, 6) is 0.0824. The first-order chi connectivity index (χ1) is 15.0. The number of nitrogens with one attached hydrogen (secondary N) is 2. The number of hydrogen-bond donors (Lipinski definition) is 2. The fourth-order valence-electron chi connectivity index (χ4n) is 4.40. The molecule has 0 saturated carbocycles. The second kappa shape index (κ2) is 9.51. The summed E-state index contributed by atoms with van der Waals surface area (Å²) >= 11 is 0. The first-order valence-corrected chi connectivity index (χ1v) is 11.2. The van der Waals surface area contributed by atoms with Crippen LogP contribution in [0.1, 0.15) is 36.8 Å². The summed E-state index contributed by atoms with van der Waals surface area (Å²) in [6.07, 6.45) is 6.99. The maximum absolute atomic E-state index is 12.6. The van der Waals surface area contributed by atoms with E-state index in [1.165, 1.54) is 36.5 Å². The minimum absolute atomic E-state index is 0.246. The van der Waals surface area contributed by atoms with Crippen LogP contribution in [-0.4, -0.2) is 58.5 Å². The summed E-state index contributed by atoms with van der Waals surface area (Å²) in [6, 6.07) is 7.43. The Morgan fingerprint density at radius 3 is 2.61 bits per heavy atom. The van der Waals surface area contributed by atoms with Gasteiger partial charge in [0.2, 0.25) is 5.91 Å². The smallest absolute Gasteiger partial charge is 0.330 e. The van der Waals surface area contributed by atoms with E-state index in [0.29, 0.717) is 12.4 Å². The van der Waals surface area contributed by atoms with E-state index in [1.54, 1.807) is 11.9 Å². The van der Waals surface area contributed by atoms with Crippen molar-refractivity contribution in [2.75, 3.05) is 38.5 Å². The van der Waals surface area contributed by atoms with Gasteiger partial charge < -0.3 is 15.1 Å². The number of carbonyl (C=O) groups excluding carboxylic acids is 1. The van der Waals surface area contributed by atoms with Crippen LogP contribution in [0.3, 0.4) is 0 Å². The van der Waals surface area contributed by atoms with Crippen LogP contribution >= 0.6 is 0 Å². The average molecular weight is 426 g/mol. The molecule has 4 rings (SSSR count). The van der Waals surface area contributed by atoms with Gasteiger partial charge in [0.05, 0.1) is 0 Å². The van der Waals surface area contributed by atoms with Gasteiger partial charge >= 0.3 is 5.69 Å². The van der Waals surface area contributed by atoms with Gasteiger partial charge in [-0.25, -0.2) is 4.79 Å². The quantitative estimate of drug-likeness (QED) is 0.705. The molecular weight excluding hydrogens is 394 g/mol. The Labute approximate surface area is 181 Å². The number of rotatable bonds is 7. The predicted octanol–water partition coefficient (Wildman–Crippen LogP) is 1.71. The van der Waals surface area contributed by atoms with E-state index in [9.17, 15) is 14.4 Å². The third-order valence-electron chi connectivity index (χ3n) is 6.32. The Bertz CT molecular complexity index is 1020. The van der Waals surface area contributed by atoms with Crippen LogP contribution < -0.4 is 16.6 Å². The number of aromatic nitrogens is 2. The van der Waals surface area contributed by atoms with Crippen LogP contribution in [0.15, 0.2) is 33.9 Å². The highest BCUT2D eigenvalue weighted by Gasteiger charge is 2.16. The third-order valence-corrected chi connectivity index (χ3v) is 6.32. The van der Waals surface area contributed by atoms with Crippen molar-refractivity contribution in [2.45, 2.75) is 45.1 Å². The third kappa shape index (κ3) is 5.25. The lowest BCUT2D eigenvalue weighted by molar-refractivity contribution is -0.130. The van der Waals surface area contributed by atoms with Crippen molar-refractivity contribution in [1.29, 1.82) is 0 Å². The minimum atomic E-state index is -0.589. The fourth-order valence-corrected chi connectivity index (χ4v) is 4.40. The van der Waals surface area contributed by atoms with Crippen LogP contribution in [0, 0.1) is 0 Å². The van der Waals surface area contributed by atoms with Crippen LogP contribution in [0.25, 0.3) is 0 Å². The molecular formula is C23H31N5O3. The lowest BCUT2D eigenvalue weighted by atomic mass is 10.1. The molecule has 2 N–H and O–H groups in total. The summed E-state index contributed by atoms with van der Waals surface area (Å²) in [6.45, 7) is 3.28. The predicted molar refractivity (Wildman–Crippen MR) is 121 cm³/mol. The monoisotopic (exact) mass is 425 g/mol. The van der Waals surface area contributed by atoms with E-state index < -0.39 is 11.2 Å². The largest absolute Gasteiger partial charge is 0.343 e. The van der Waals surface area contributed by atoms with Crippen LogP contribution in [0.2, 0.25) is 0 Å². The normalized spacial score (nSPS) is 16.2. The molecule has 1 saturated heterocycles. The summed E-state index contributed by atoms with van der Waals surface area (Å²) in [5.41, 5.74) is 2.41. The summed E-state index contributed by atoms with van der Waals surface area (Å²) < 4.78 is 0.952. The Hall–Kier alpha value is -2.87. The van der Waals surface area contributed by atoms with Gasteiger partial charge in [0.15, 0.2) is 0 Å². The summed E-state index contributed by atoms with van der Waals surface area (Å²) in [7, 11) is 1.72. The molecule has 8 heteroatoms. The van der Waals surface area contributed by atoms with Gasteiger partial charge in [0.25, 0.3) is 5.56 Å². The molecule has 166 valence electrons. The van der Waals surface area contributed by atoms with E-state index in [1.807, 2.05) is 6.07 Å². The van der Waals surface area contributed by atoms with Gasteiger partial charge in [-0.3, -0.25) is 19.1 Å². The molecule has 1 amide bonds. The number of fused-ring (bicyclic) bond motifs is 1. The van der Waals surface area contributed by atoms with Gasteiger partial charge in [-0.2, -0.15) is 0 Å². The molecule has 1 aromatic carbocycles. The maximum atomic E-state index is 12.6. The van der Waals surface area contributed by atoms with Crippen molar-refractivity contribution in [2.24, 2.45) is 0 Å². The van der Waals surface area contributed by atoms with Crippen LogP contribution in [0.5, 0.6) is 0 Å². The van der Waals surface area contributed by atoms with Gasteiger partial charge in [-0.15, -0.1) is 0 Å². The molecule has 1 aliphatic carbocycles. The molecule has 0 bridgehead atoms. The number of piperidine rings is 1. The fraction of sp³-hybridized carbons (Fsp3) is 0.522. The lowest BCUT2D eigenvalue weighted by Gasteiger charge is -2.28. The number of likely N-dealkylation sites (N-methyl/N-ethyl adjacent to an activating group) is 1. The molecule has 1 fully saturated rings. The Kier molecular flexibility index (Phi) is 6.56. The van der Waals surface area contributed by atoms with Crippen molar-refractivity contribution in [3.63, 3.8) is 0 Å². The first-order valence-electron chi connectivity index (χ1n) is 11.2. The second-order valence-electron chi connectivity index (χ2n) is 8.59. The molecule has 1 aliphatic heterocycles. The SMILES string of the molecule is CN(CCN1CCCCC1)C(=O)Cn1c(=O)cc(Nc2ccc3c(c2)CCC3)[nH]c1=O. The number of likely N-dealkylation sites (tertiary alicyclic amines) is 1. The number of benzene rings is 1.